The molecule has 0 aromatic rings. The number of hydrogen-bond donors (Lipinski definition) is 16. The maximum atomic E-state index is 12.4. The zero-order valence-corrected chi connectivity index (χ0v) is 31.6. The lowest BCUT2D eigenvalue weighted by Gasteiger charge is -2.50. The van der Waals surface area contributed by atoms with Crippen molar-refractivity contribution in [2.45, 2.75) is 149 Å². The zero-order valence-electron chi connectivity index (χ0n) is 31.6. The number of aliphatic hydroxyl groups is 11. The van der Waals surface area contributed by atoms with Crippen LogP contribution in [0, 0.1) is 0 Å². The molecule has 4 rings (SSSR count). The van der Waals surface area contributed by atoms with Gasteiger partial charge in [0, 0.05) is 13.8 Å². The van der Waals surface area contributed by atoms with E-state index in [0.29, 0.717) is 0 Å². The molecule has 340 valence electrons. The Labute approximate surface area is 334 Å². The number of ether oxygens (including phenoxy) is 7. The number of aliphatic hydroxyl groups excluding tert-OH is 11. The van der Waals surface area contributed by atoms with E-state index in [1.807, 2.05) is 0 Å². The molecule has 4 fully saturated rings. The topological polar surface area (TPSA) is 438 Å². The Morgan fingerprint density at radius 2 is 1.05 bits per heavy atom. The Bertz CT molecular complexity index is 1420. The van der Waals surface area contributed by atoms with Crippen LogP contribution in [0.2, 0.25) is 0 Å². The third-order valence-corrected chi connectivity index (χ3v) is 10.1. The second kappa shape index (κ2) is 21.3. The van der Waals surface area contributed by atoms with Gasteiger partial charge in [0.05, 0.1) is 38.9 Å². The van der Waals surface area contributed by atoms with Crippen LogP contribution >= 0.6 is 0 Å². The van der Waals surface area contributed by atoms with Crippen LogP contribution in [0.1, 0.15) is 20.3 Å². The average Bonchev–Trinajstić information content (AvgIpc) is 3.17. The van der Waals surface area contributed by atoms with Gasteiger partial charge in [-0.2, -0.15) is 0 Å². The molecule has 17 N–H and O–H groups in total. The second-order valence-electron chi connectivity index (χ2n) is 14.4. The molecule has 27 heteroatoms. The standard InChI is InChI=1S/C32H54N4O23/c1-8(40)34-16-20(45)26(12(5-38)54-28(16)36-10(29(51)52)3-15(33)42)58-30-17(35-9(2)41)21(46)27(13(6-39)56-30)59-32-25(50)23(48)19(44)14(57-32)7-53-31-24(49)22(47)18(43)11(4-37)55-31/h10-14,16-28,30-32,36-39,43-50H,3-7H2,1-2H3,(H2,33,42)(H,34,40)(H,35,41)(H,51,52)/t10-,11-,12+,13+,14+,16+,17+,18-,19+,20+,21+,22+,23-,24+,25-,26+,27+,28+,30-,31+,32-/m0/s1. The average molecular weight is 863 g/mol. The lowest BCUT2D eigenvalue weighted by Crippen LogP contribution is -2.72. The molecule has 21 atom stereocenters. The molecule has 0 bridgehead atoms. The minimum Gasteiger partial charge on any atom is -0.480 e. The van der Waals surface area contributed by atoms with Gasteiger partial charge in [0.2, 0.25) is 17.7 Å². The largest absolute Gasteiger partial charge is 0.480 e. The quantitative estimate of drug-likeness (QED) is 0.0645. The molecule has 27 nitrogen and oxygen atoms in total. The minimum atomic E-state index is -2.05. The van der Waals surface area contributed by atoms with E-state index >= 15 is 0 Å². The molecule has 4 saturated heterocycles. The van der Waals surface area contributed by atoms with Gasteiger partial charge in [-0.05, 0) is 0 Å². The normalized spacial score (nSPS) is 43.3. The number of rotatable bonds is 17. The lowest BCUT2D eigenvalue weighted by molar-refractivity contribution is -0.363. The van der Waals surface area contributed by atoms with Crippen molar-refractivity contribution in [3.63, 3.8) is 0 Å². The molecule has 0 radical (unpaired) electrons. The molecular formula is C32H54N4O23. The van der Waals surface area contributed by atoms with Crippen molar-refractivity contribution in [2.75, 3.05) is 26.4 Å². The van der Waals surface area contributed by atoms with E-state index in [1.165, 1.54) is 0 Å². The van der Waals surface area contributed by atoms with Crippen LogP contribution in [0.3, 0.4) is 0 Å². The predicted octanol–water partition coefficient (Wildman–Crippen LogP) is -10.5. The van der Waals surface area contributed by atoms with Crippen molar-refractivity contribution in [1.29, 1.82) is 0 Å². The van der Waals surface area contributed by atoms with Gasteiger partial charge in [0.1, 0.15) is 104 Å². The number of nitrogens with one attached hydrogen (secondary N) is 3. The Balaban J connectivity index is 1.53. The maximum absolute atomic E-state index is 12.4. The minimum absolute atomic E-state index is 0.735. The fourth-order valence-electron chi connectivity index (χ4n) is 7.04. The number of carbonyl (C=O) groups is 4. The third-order valence-electron chi connectivity index (χ3n) is 10.1. The highest BCUT2D eigenvalue weighted by atomic mass is 16.8. The van der Waals surface area contributed by atoms with Gasteiger partial charge in [-0.15, -0.1) is 0 Å². The van der Waals surface area contributed by atoms with Gasteiger partial charge in [-0.1, -0.05) is 0 Å². The summed E-state index contributed by atoms with van der Waals surface area (Å²) in [5, 5.41) is 132. The van der Waals surface area contributed by atoms with Crippen LogP contribution < -0.4 is 21.7 Å². The van der Waals surface area contributed by atoms with Crippen molar-refractivity contribution in [3.8, 4) is 0 Å². The van der Waals surface area contributed by atoms with E-state index in [1.54, 1.807) is 0 Å². The molecule has 4 aliphatic rings. The molecule has 4 heterocycles. The van der Waals surface area contributed by atoms with Crippen LogP contribution in [0.4, 0.5) is 0 Å². The number of primary amides is 1. The molecule has 0 aromatic carbocycles. The second-order valence-corrected chi connectivity index (χ2v) is 14.4. The first kappa shape index (κ1) is 48.8. The molecule has 0 saturated carbocycles. The van der Waals surface area contributed by atoms with Gasteiger partial charge in [0.25, 0.3) is 0 Å². The van der Waals surface area contributed by atoms with E-state index in [2.05, 4.69) is 16.0 Å². The SMILES string of the molecule is CC(=O)N[C@@H]1[C@@H](O)[C@H](O[C@@H]2O[C@H](CO)[C@@H](O[C@@H]3O[C@H](CO[C@@H]4O[C@@H](CO)[C@H](O)[C@@H](O)[C@H]4O)[C@@H](O)[C@H](O)[C@@H]3O)[C@H](O)[C@H]2NC(C)=O)[C@@H](CO)O[C@H]1N[C@@H](CC(N)=O)C(=O)O. The van der Waals surface area contributed by atoms with Crippen molar-refractivity contribution in [2.24, 2.45) is 5.73 Å². The molecule has 3 amide bonds. The summed E-state index contributed by atoms with van der Waals surface area (Å²) >= 11 is 0. The third kappa shape index (κ3) is 11.5. The summed E-state index contributed by atoms with van der Waals surface area (Å²) in [6, 6.07) is -4.89. The summed E-state index contributed by atoms with van der Waals surface area (Å²) in [7, 11) is 0. The Morgan fingerprint density at radius 3 is 1.58 bits per heavy atom. The smallest absolute Gasteiger partial charge is 0.321 e. The van der Waals surface area contributed by atoms with Gasteiger partial charge in [0.15, 0.2) is 18.9 Å². The summed E-state index contributed by atoms with van der Waals surface area (Å²) in [5.41, 5.74) is 5.15. The Morgan fingerprint density at radius 1 is 0.593 bits per heavy atom. The van der Waals surface area contributed by atoms with Gasteiger partial charge in [-0.25, -0.2) is 0 Å². The molecule has 0 unspecified atom stereocenters. The number of carboxylic acid groups (broad SMARTS) is 1. The number of amides is 3. The van der Waals surface area contributed by atoms with Gasteiger partial charge in [-0.3, -0.25) is 24.5 Å². The van der Waals surface area contributed by atoms with Crippen molar-refractivity contribution >= 4 is 23.7 Å². The number of hydrogen-bond acceptors (Lipinski definition) is 23. The lowest BCUT2D eigenvalue weighted by atomic mass is 9.93. The monoisotopic (exact) mass is 862 g/mol. The fourth-order valence-corrected chi connectivity index (χ4v) is 7.04. The first-order valence-corrected chi connectivity index (χ1v) is 18.4. The predicted molar refractivity (Wildman–Crippen MR) is 183 cm³/mol. The summed E-state index contributed by atoms with van der Waals surface area (Å²) in [4.78, 5) is 47.9. The Hall–Kier alpha value is -2.88. The van der Waals surface area contributed by atoms with Crippen molar-refractivity contribution in [1.82, 2.24) is 16.0 Å². The summed E-state index contributed by atoms with van der Waals surface area (Å²) in [5.74, 6) is -4.11. The first-order chi connectivity index (χ1) is 27.7. The van der Waals surface area contributed by atoms with Crippen LogP contribution in [-0.4, -0.2) is 240 Å². The van der Waals surface area contributed by atoms with Crippen molar-refractivity contribution in [3.05, 3.63) is 0 Å². The summed E-state index contributed by atoms with van der Waals surface area (Å²) in [6.07, 6.45) is -32.6. The number of aliphatic carboxylic acids is 1. The van der Waals surface area contributed by atoms with Crippen LogP contribution in [0.25, 0.3) is 0 Å². The number of carboxylic acids is 1. The maximum Gasteiger partial charge on any atom is 0.321 e. The molecule has 59 heavy (non-hydrogen) atoms. The summed E-state index contributed by atoms with van der Waals surface area (Å²) < 4.78 is 39.7. The van der Waals surface area contributed by atoms with E-state index < -0.39 is 185 Å². The van der Waals surface area contributed by atoms with Crippen LogP contribution in [0.5, 0.6) is 0 Å². The van der Waals surface area contributed by atoms with E-state index in [-0.39, 0.29) is 0 Å². The molecule has 0 aromatic heterocycles. The van der Waals surface area contributed by atoms with Crippen LogP contribution in [0.15, 0.2) is 0 Å². The number of nitrogens with two attached hydrogens (primary N) is 1. The van der Waals surface area contributed by atoms with Crippen molar-refractivity contribution < 1.29 is 114 Å². The van der Waals surface area contributed by atoms with E-state index in [9.17, 15) is 80.5 Å². The first-order valence-electron chi connectivity index (χ1n) is 18.4. The molecule has 4 aliphatic heterocycles. The zero-order chi connectivity index (χ0) is 44.0. The summed E-state index contributed by atoms with van der Waals surface area (Å²) in [6.45, 7) is -1.33. The highest BCUT2D eigenvalue weighted by Crippen LogP contribution is 2.33. The van der Waals surface area contributed by atoms with Gasteiger partial charge < -0.3 is 111 Å². The van der Waals surface area contributed by atoms with E-state index in [0.717, 1.165) is 13.8 Å². The van der Waals surface area contributed by atoms with E-state index in [4.69, 9.17) is 38.9 Å². The fraction of sp³-hybridized carbons (Fsp3) is 0.875. The van der Waals surface area contributed by atoms with Crippen LogP contribution in [-0.2, 0) is 52.3 Å². The Kier molecular flexibility index (Phi) is 17.6. The molecular weight excluding hydrogens is 808 g/mol. The number of carbonyl (C=O) groups excluding carboxylic acids is 3. The highest BCUT2D eigenvalue weighted by Gasteiger charge is 2.55. The highest BCUT2D eigenvalue weighted by molar-refractivity contribution is 5.83. The van der Waals surface area contributed by atoms with Gasteiger partial charge >= 0.3 is 5.97 Å². The molecule has 0 aliphatic carbocycles. The molecule has 0 spiro atoms.